The second-order valence-electron chi connectivity index (χ2n) is 8.90. The number of hydrogen-bond acceptors (Lipinski definition) is 6. The molecule has 0 aliphatic heterocycles. The number of benzene rings is 3. The summed E-state index contributed by atoms with van der Waals surface area (Å²) < 4.78 is 19.1. The Hall–Kier alpha value is -4.99. The molecule has 38 heavy (non-hydrogen) atoms. The number of carboxylic acid groups (broad SMARTS) is 1. The van der Waals surface area contributed by atoms with Crippen molar-refractivity contribution in [3.8, 4) is 11.5 Å². The smallest absolute Gasteiger partial charge is 0.337 e. The van der Waals surface area contributed by atoms with E-state index in [0.29, 0.717) is 52.3 Å². The molecular formula is C28H23FN4O5. The van der Waals surface area contributed by atoms with Gasteiger partial charge in [-0.1, -0.05) is 0 Å². The van der Waals surface area contributed by atoms with E-state index in [1.807, 2.05) is 0 Å². The lowest BCUT2D eigenvalue weighted by Crippen LogP contribution is -2.35. The second kappa shape index (κ2) is 9.81. The summed E-state index contributed by atoms with van der Waals surface area (Å²) >= 11 is 0. The molecule has 5 rings (SSSR count). The van der Waals surface area contributed by atoms with Crippen LogP contribution < -0.4 is 20.7 Å². The summed E-state index contributed by atoms with van der Waals surface area (Å²) in [5.74, 6) is -1.47. The lowest BCUT2D eigenvalue weighted by Gasteiger charge is -2.16. The fourth-order valence-corrected chi connectivity index (χ4v) is 4.09. The SMILES string of the molecule is CNc1cc2nccc(Oc3ccc(NC(=O)C4(C(=O)Nc5ccc(F)cc5)CC4)cc3)c2cc1C(=O)O. The van der Waals surface area contributed by atoms with Crippen molar-refractivity contribution in [1.82, 2.24) is 4.98 Å². The molecule has 192 valence electrons. The molecule has 0 unspecified atom stereocenters. The number of halogens is 1. The van der Waals surface area contributed by atoms with Gasteiger partial charge in [-0.3, -0.25) is 14.6 Å². The Morgan fingerprint density at radius 2 is 1.53 bits per heavy atom. The molecule has 1 saturated carbocycles. The van der Waals surface area contributed by atoms with Crippen LogP contribution in [-0.2, 0) is 9.59 Å². The number of nitrogens with one attached hydrogen (secondary N) is 3. The van der Waals surface area contributed by atoms with E-state index in [1.54, 1.807) is 49.6 Å². The Kier molecular flexibility index (Phi) is 6.38. The fraction of sp³-hybridized carbons (Fsp3) is 0.143. The molecule has 1 aromatic heterocycles. The number of anilines is 3. The first-order chi connectivity index (χ1) is 18.3. The molecule has 1 heterocycles. The second-order valence-corrected chi connectivity index (χ2v) is 8.90. The molecule has 1 aliphatic rings. The zero-order chi connectivity index (χ0) is 26.9. The third-order valence-electron chi connectivity index (χ3n) is 6.40. The molecule has 0 radical (unpaired) electrons. The van der Waals surface area contributed by atoms with Gasteiger partial charge in [0.05, 0.1) is 16.8 Å². The van der Waals surface area contributed by atoms with Crippen molar-refractivity contribution in [1.29, 1.82) is 0 Å². The number of nitrogens with zero attached hydrogens (tertiary/aromatic N) is 1. The molecule has 0 spiro atoms. The highest BCUT2D eigenvalue weighted by atomic mass is 19.1. The summed E-state index contributed by atoms with van der Waals surface area (Å²) in [5.41, 5.74) is 0.818. The minimum atomic E-state index is -1.17. The number of rotatable bonds is 8. The number of fused-ring (bicyclic) bond motifs is 1. The van der Waals surface area contributed by atoms with Gasteiger partial charge in [0.25, 0.3) is 0 Å². The minimum Gasteiger partial charge on any atom is -0.478 e. The van der Waals surface area contributed by atoms with Crippen molar-refractivity contribution in [2.45, 2.75) is 12.8 Å². The van der Waals surface area contributed by atoms with Gasteiger partial charge in [0, 0.05) is 30.0 Å². The van der Waals surface area contributed by atoms with E-state index in [4.69, 9.17) is 4.74 Å². The van der Waals surface area contributed by atoms with Gasteiger partial charge in [-0.25, -0.2) is 9.18 Å². The Morgan fingerprint density at radius 1 is 0.921 bits per heavy atom. The predicted molar refractivity (Wildman–Crippen MR) is 140 cm³/mol. The zero-order valence-electron chi connectivity index (χ0n) is 20.2. The maximum Gasteiger partial charge on any atom is 0.337 e. The number of amides is 2. The van der Waals surface area contributed by atoms with Crippen molar-refractivity contribution in [2.24, 2.45) is 5.41 Å². The van der Waals surface area contributed by atoms with E-state index in [2.05, 4.69) is 20.9 Å². The van der Waals surface area contributed by atoms with E-state index < -0.39 is 29.0 Å². The van der Waals surface area contributed by atoms with E-state index >= 15 is 0 Å². The number of ether oxygens (including phenoxy) is 1. The summed E-state index contributed by atoms with van der Waals surface area (Å²) in [6.45, 7) is 0. The van der Waals surface area contributed by atoms with Crippen LogP contribution in [0.25, 0.3) is 10.9 Å². The van der Waals surface area contributed by atoms with Crippen molar-refractivity contribution >= 4 is 45.7 Å². The fourth-order valence-electron chi connectivity index (χ4n) is 4.09. The van der Waals surface area contributed by atoms with Gasteiger partial charge in [-0.2, -0.15) is 0 Å². The molecule has 3 aromatic carbocycles. The van der Waals surface area contributed by atoms with Crippen molar-refractivity contribution in [3.05, 3.63) is 84.3 Å². The zero-order valence-corrected chi connectivity index (χ0v) is 20.2. The summed E-state index contributed by atoms with van der Waals surface area (Å²) in [7, 11) is 1.64. The van der Waals surface area contributed by atoms with Crippen molar-refractivity contribution in [2.75, 3.05) is 23.0 Å². The maximum absolute atomic E-state index is 13.1. The van der Waals surface area contributed by atoms with Crippen LogP contribution in [0.2, 0.25) is 0 Å². The summed E-state index contributed by atoms with van der Waals surface area (Å²) in [6.07, 6.45) is 2.39. The molecule has 10 heteroatoms. The maximum atomic E-state index is 13.1. The number of pyridine rings is 1. The largest absolute Gasteiger partial charge is 0.478 e. The molecule has 2 amide bonds. The molecule has 0 saturated heterocycles. The monoisotopic (exact) mass is 514 g/mol. The van der Waals surface area contributed by atoms with Crippen LogP contribution in [0.4, 0.5) is 21.5 Å². The lowest BCUT2D eigenvalue weighted by molar-refractivity contribution is -0.131. The summed E-state index contributed by atoms with van der Waals surface area (Å²) in [4.78, 5) is 41.6. The Morgan fingerprint density at radius 3 is 2.08 bits per heavy atom. The number of carbonyl (C=O) groups excluding carboxylic acids is 2. The van der Waals surface area contributed by atoms with Crippen LogP contribution in [0.1, 0.15) is 23.2 Å². The molecule has 4 aromatic rings. The number of carbonyl (C=O) groups is 3. The van der Waals surface area contributed by atoms with Crippen LogP contribution in [-0.4, -0.2) is 34.9 Å². The Balaban J connectivity index is 1.28. The quantitative estimate of drug-likeness (QED) is 0.236. The average molecular weight is 515 g/mol. The van der Waals surface area contributed by atoms with Gasteiger partial charge in [-0.05, 0) is 79.6 Å². The average Bonchev–Trinajstić information content (AvgIpc) is 3.73. The van der Waals surface area contributed by atoms with Gasteiger partial charge in [0.2, 0.25) is 11.8 Å². The number of aromatic nitrogens is 1. The standard InChI is InChI=1S/C28H23FN4O5/c1-30-22-15-23-20(14-21(22)25(34)35)24(10-13-31-23)38-19-8-6-18(7-9-19)33-27(37)28(11-12-28)26(36)32-17-4-2-16(29)3-5-17/h2-10,13-15,30H,11-12H2,1H3,(H,32,36)(H,33,37)(H,34,35). The normalized spacial score (nSPS) is 13.4. The first-order valence-electron chi connectivity index (χ1n) is 11.8. The van der Waals surface area contributed by atoms with Crippen LogP contribution >= 0.6 is 0 Å². The van der Waals surface area contributed by atoms with Crippen LogP contribution in [0.15, 0.2) is 72.9 Å². The molecular weight excluding hydrogens is 491 g/mol. The first kappa shape index (κ1) is 24.7. The Labute approximate surface area is 216 Å². The van der Waals surface area contributed by atoms with Crippen molar-refractivity contribution in [3.63, 3.8) is 0 Å². The van der Waals surface area contributed by atoms with Crippen molar-refractivity contribution < 1.29 is 28.6 Å². The molecule has 0 atom stereocenters. The third kappa shape index (κ3) is 4.83. The van der Waals surface area contributed by atoms with Gasteiger partial charge >= 0.3 is 5.97 Å². The van der Waals surface area contributed by atoms with E-state index in [0.717, 1.165) is 0 Å². The van der Waals surface area contributed by atoms with Gasteiger partial charge in [0.15, 0.2) is 0 Å². The van der Waals surface area contributed by atoms with Gasteiger partial charge in [-0.15, -0.1) is 0 Å². The van der Waals surface area contributed by atoms with Crippen LogP contribution in [0.3, 0.4) is 0 Å². The number of carboxylic acids is 1. The highest BCUT2D eigenvalue weighted by Gasteiger charge is 2.56. The van der Waals surface area contributed by atoms with E-state index in [9.17, 15) is 23.9 Å². The minimum absolute atomic E-state index is 0.0911. The Bertz CT molecular complexity index is 1550. The topological polar surface area (TPSA) is 130 Å². The molecule has 1 fully saturated rings. The number of aromatic carboxylic acids is 1. The molecule has 4 N–H and O–H groups in total. The number of hydrogen-bond donors (Lipinski definition) is 4. The van der Waals surface area contributed by atoms with Gasteiger partial charge in [0.1, 0.15) is 22.7 Å². The molecule has 1 aliphatic carbocycles. The van der Waals surface area contributed by atoms with Gasteiger partial charge < -0.3 is 25.8 Å². The first-order valence-corrected chi connectivity index (χ1v) is 11.8. The van der Waals surface area contributed by atoms with Crippen LogP contribution in [0.5, 0.6) is 11.5 Å². The summed E-state index contributed by atoms with van der Waals surface area (Å²) in [5, 5.41) is 18.4. The molecule has 9 nitrogen and oxygen atoms in total. The molecule has 0 bridgehead atoms. The summed E-state index contributed by atoms with van der Waals surface area (Å²) in [6, 6.07) is 16.7. The highest BCUT2D eigenvalue weighted by molar-refractivity contribution is 6.16. The third-order valence-corrected chi connectivity index (χ3v) is 6.40. The predicted octanol–water partition coefficient (Wildman–Crippen LogP) is 5.26. The highest BCUT2D eigenvalue weighted by Crippen LogP contribution is 2.47. The lowest BCUT2D eigenvalue weighted by atomic mass is 10.0. The van der Waals surface area contributed by atoms with Crippen LogP contribution in [0, 0.1) is 11.2 Å². The van der Waals surface area contributed by atoms with E-state index in [1.165, 1.54) is 30.3 Å². The van der Waals surface area contributed by atoms with E-state index in [-0.39, 0.29) is 5.56 Å².